The van der Waals surface area contributed by atoms with Crippen LogP contribution in [0.5, 0.6) is 0 Å². The van der Waals surface area contributed by atoms with Crippen molar-refractivity contribution in [3.05, 3.63) is 12.7 Å². The molecule has 0 bridgehead atoms. The summed E-state index contributed by atoms with van der Waals surface area (Å²) in [6, 6.07) is -0.505. The Balaban J connectivity index is 3.52. The highest BCUT2D eigenvalue weighted by Gasteiger charge is 2.00. The van der Waals surface area contributed by atoms with Gasteiger partial charge in [-0.25, -0.2) is 4.79 Å². The van der Waals surface area contributed by atoms with Gasteiger partial charge in [0, 0.05) is 11.9 Å². The Bertz CT molecular complexity index is 170. The maximum absolute atomic E-state index is 10.7. The first-order valence-corrected chi connectivity index (χ1v) is 4.10. The molecule has 0 aromatic carbocycles. The predicted octanol–water partition coefficient (Wildman–Crippen LogP) is 0.393. The molecule has 3 amide bonds. The summed E-state index contributed by atoms with van der Waals surface area (Å²) in [5.41, 5.74) is 0. The van der Waals surface area contributed by atoms with E-state index in [2.05, 4.69) is 27.8 Å². The van der Waals surface area contributed by atoms with Crippen LogP contribution in [-0.4, -0.2) is 23.8 Å². The van der Waals surface area contributed by atoms with Gasteiger partial charge in [0.05, 0.1) is 0 Å². The fourth-order valence-electron chi connectivity index (χ4n) is 0.368. The largest absolute Gasteiger partial charge is 0.337 e. The van der Waals surface area contributed by atoms with Gasteiger partial charge in [-0.15, -0.1) is 0 Å². The predicted molar refractivity (Wildman–Crippen MR) is 45.5 cm³/mol. The molecule has 0 aliphatic rings. The minimum atomic E-state index is -0.505. The van der Waals surface area contributed by atoms with Crippen molar-refractivity contribution in [1.82, 2.24) is 10.6 Å². The summed E-state index contributed by atoms with van der Waals surface area (Å²) >= 11 is 3.11. The van der Waals surface area contributed by atoms with E-state index in [1.165, 1.54) is 0 Å². The van der Waals surface area contributed by atoms with Gasteiger partial charge in [-0.05, 0) is 6.08 Å². The molecule has 0 spiro atoms. The van der Waals surface area contributed by atoms with Crippen LogP contribution in [0.1, 0.15) is 0 Å². The van der Waals surface area contributed by atoms with Crippen molar-refractivity contribution in [3.8, 4) is 0 Å². The van der Waals surface area contributed by atoms with Gasteiger partial charge in [-0.1, -0.05) is 22.5 Å². The van der Waals surface area contributed by atoms with E-state index in [1.807, 2.05) is 5.32 Å². The van der Waals surface area contributed by atoms with Crippen LogP contribution in [-0.2, 0) is 4.79 Å². The highest BCUT2D eigenvalue weighted by molar-refractivity contribution is 9.09. The van der Waals surface area contributed by atoms with Crippen molar-refractivity contribution in [2.24, 2.45) is 0 Å². The third-order valence-corrected chi connectivity index (χ3v) is 1.20. The quantitative estimate of drug-likeness (QED) is 0.535. The van der Waals surface area contributed by atoms with Crippen LogP contribution in [0.25, 0.3) is 0 Å². The topological polar surface area (TPSA) is 58.2 Å². The first-order chi connectivity index (χ1) is 5.20. The number of alkyl halides is 1. The van der Waals surface area contributed by atoms with Gasteiger partial charge in [-0.2, -0.15) is 0 Å². The third kappa shape index (κ3) is 5.60. The molecule has 0 atom stereocenters. The fraction of sp³-hybridized carbons (Fsp3) is 0.333. The number of hydrogen-bond donors (Lipinski definition) is 2. The van der Waals surface area contributed by atoms with E-state index in [9.17, 15) is 9.59 Å². The van der Waals surface area contributed by atoms with Crippen LogP contribution in [0, 0.1) is 0 Å². The van der Waals surface area contributed by atoms with Gasteiger partial charge < -0.3 is 5.32 Å². The normalized spacial score (nSPS) is 8.45. The monoisotopic (exact) mass is 220 g/mol. The summed E-state index contributed by atoms with van der Waals surface area (Å²) in [4.78, 5) is 21.1. The smallest absolute Gasteiger partial charge is 0.321 e. The lowest BCUT2D eigenvalue weighted by atomic mass is 10.6. The number of nitrogens with one attached hydrogen (secondary N) is 2. The van der Waals surface area contributed by atoms with E-state index in [-0.39, 0.29) is 0 Å². The third-order valence-electron chi connectivity index (χ3n) is 0.802. The molecule has 62 valence electrons. The minimum Gasteiger partial charge on any atom is -0.337 e. The van der Waals surface area contributed by atoms with Crippen LogP contribution in [0.4, 0.5) is 4.79 Å². The Hall–Kier alpha value is -0.840. The first-order valence-electron chi connectivity index (χ1n) is 2.98. The molecule has 0 aromatic heterocycles. The molecule has 0 aliphatic heterocycles. The second-order valence-corrected chi connectivity index (χ2v) is 2.43. The average molecular weight is 221 g/mol. The number of carbonyl (C=O) groups excluding carboxylic acids is 2. The van der Waals surface area contributed by atoms with Gasteiger partial charge in [0.25, 0.3) is 5.91 Å². The number of carbonyl (C=O) groups is 2. The van der Waals surface area contributed by atoms with Crippen molar-refractivity contribution >= 4 is 27.9 Å². The van der Waals surface area contributed by atoms with E-state index in [0.717, 1.165) is 6.08 Å². The highest BCUT2D eigenvalue weighted by Crippen LogP contribution is 1.75. The SMILES string of the molecule is C=CC(=O)NC(=O)NCCBr. The summed E-state index contributed by atoms with van der Waals surface area (Å²) in [5, 5.41) is 5.12. The summed E-state index contributed by atoms with van der Waals surface area (Å²) in [6.45, 7) is 3.68. The molecule has 0 saturated heterocycles. The zero-order valence-electron chi connectivity index (χ0n) is 5.89. The molecule has 0 saturated carbocycles. The van der Waals surface area contributed by atoms with Gasteiger partial charge in [0.15, 0.2) is 0 Å². The maximum Gasteiger partial charge on any atom is 0.321 e. The lowest BCUT2D eigenvalue weighted by Gasteiger charge is -2.01. The van der Waals surface area contributed by atoms with Gasteiger partial charge in [-0.3, -0.25) is 10.1 Å². The molecule has 5 heteroatoms. The van der Waals surface area contributed by atoms with Crippen LogP contribution < -0.4 is 10.6 Å². The number of imide groups is 1. The van der Waals surface area contributed by atoms with Crippen molar-refractivity contribution in [3.63, 3.8) is 0 Å². The Morgan fingerprint density at radius 1 is 1.55 bits per heavy atom. The van der Waals surface area contributed by atoms with Crippen LogP contribution in [0.15, 0.2) is 12.7 Å². The second kappa shape index (κ2) is 5.91. The first kappa shape index (κ1) is 10.2. The van der Waals surface area contributed by atoms with E-state index in [0.29, 0.717) is 11.9 Å². The summed E-state index contributed by atoms with van der Waals surface area (Å²) in [7, 11) is 0. The maximum atomic E-state index is 10.7. The van der Waals surface area contributed by atoms with Gasteiger partial charge in [0.2, 0.25) is 0 Å². The molecule has 11 heavy (non-hydrogen) atoms. The van der Waals surface area contributed by atoms with Crippen LogP contribution in [0.3, 0.4) is 0 Å². The van der Waals surface area contributed by atoms with Gasteiger partial charge >= 0.3 is 6.03 Å². The number of hydrogen-bond acceptors (Lipinski definition) is 2. The summed E-state index contributed by atoms with van der Waals surface area (Å²) < 4.78 is 0. The van der Waals surface area contributed by atoms with Gasteiger partial charge in [0.1, 0.15) is 0 Å². The lowest BCUT2D eigenvalue weighted by Crippen LogP contribution is -2.39. The standard InChI is InChI=1S/C6H9BrN2O2/c1-2-5(10)9-6(11)8-4-3-7/h2H,1,3-4H2,(H2,8,9,10,11). The van der Waals surface area contributed by atoms with Crippen molar-refractivity contribution < 1.29 is 9.59 Å². The number of rotatable bonds is 3. The zero-order chi connectivity index (χ0) is 8.69. The molecular formula is C6H9BrN2O2. The average Bonchev–Trinajstić information content (AvgIpc) is 2.00. The van der Waals surface area contributed by atoms with E-state index >= 15 is 0 Å². The minimum absolute atomic E-state index is 0.482. The molecule has 0 aromatic rings. The van der Waals surface area contributed by atoms with Crippen molar-refractivity contribution in [2.45, 2.75) is 0 Å². The highest BCUT2D eigenvalue weighted by atomic mass is 79.9. The number of amides is 3. The molecule has 0 unspecified atom stereocenters. The number of halogens is 1. The Morgan fingerprint density at radius 2 is 2.18 bits per heavy atom. The summed E-state index contributed by atoms with van der Waals surface area (Å²) in [5.74, 6) is -0.503. The molecule has 0 rings (SSSR count). The fourth-order valence-corrected chi connectivity index (χ4v) is 0.566. The molecule has 0 aliphatic carbocycles. The van der Waals surface area contributed by atoms with Crippen molar-refractivity contribution in [2.75, 3.05) is 11.9 Å². The Labute approximate surface area is 73.2 Å². The van der Waals surface area contributed by atoms with E-state index in [1.54, 1.807) is 0 Å². The Morgan fingerprint density at radius 3 is 2.64 bits per heavy atom. The molecule has 0 fully saturated rings. The number of urea groups is 1. The molecule has 4 nitrogen and oxygen atoms in total. The molecular weight excluding hydrogens is 212 g/mol. The van der Waals surface area contributed by atoms with Crippen LogP contribution in [0.2, 0.25) is 0 Å². The zero-order valence-corrected chi connectivity index (χ0v) is 7.48. The lowest BCUT2D eigenvalue weighted by molar-refractivity contribution is -0.115. The molecule has 0 heterocycles. The summed E-state index contributed by atoms with van der Waals surface area (Å²) in [6.07, 6.45) is 1.04. The molecule has 0 radical (unpaired) electrons. The van der Waals surface area contributed by atoms with E-state index in [4.69, 9.17) is 0 Å². The second-order valence-electron chi connectivity index (χ2n) is 1.64. The van der Waals surface area contributed by atoms with Crippen LogP contribution >= 0.6 is 15.9 Å². The molecule has 2 N–H and O–H groups in total. The van der Waals surface area contributed by atoms with E-state index < -0.39 is 11.9 Å². The Kier molecular flexibility index (Phi) is 5.46. The van der Waals surface area contributed by atoms with Crippen molar-refractivity contribution in [1.29, 1.82) is 0 Å².